The molecular formula is C21H22ClN3O. The van der Waals surface area contributed by atoms with Crippen molar-refractivity contribution < 1.29 is 4.79 Å². The Kier molecular flexibility index (Phi) is 6.27. The molecule has 3 rings (SSSR count). The molecule has 0 N–H and O–H groups in total. The van der Waals surface area contributed by atoms with Crippen LogP contribution in [0.25, 0.3) is 0 Å². The minimum Gasteiger partial charge on any atom is -0.340 e. The van der Waals surface area contributed by atoms with Crippen LogP contribution in [-0.2, 0) is 11.2 Å². The first kappa shape index (κ1) is 18.4. The molecule has 1 unspecified atom stereocenters. The van der Waals surface area contributed by atoms with Crippen molar-refractivity contribution in [1.82, 2.24) is 9.80 Å². The summed E-state index contributed by atoms with van der Waals surface area (Å²) in [6.07, 6.45) is 1.29. The molecule has 0 spiro atoms. The molecule has 0 aromatic heterocycles. The minimum atomic E-state index is -0.370. The standard InChI is InChI=1S/C21H22ClN3O/c22-19-9-5-4-8-18(19)20(16-23)24-12-14-25(15-13-24)21(26)11-10-17-6-2-1-3-7-17/h1-9,20H,10-15H2. The monoisotopic (exact) mass is 367 g/mol. The molecule has 2 aromatic carbocycles. The number of amides is 1. The highest BCUT2D eigenvalue weighted by Gasteiger charge is 2.27. The molecule has 2 aromatic rings. The zero-order valence-corrected chi connectivity index (χ0v) is 15.4. The number of rotatable bonds is 5. The minimum absolute atomic E-state index is 0.180. The second-order valence-corrected chi connectivity index (χ2v) is 6.86. The number of hydrogen-bond donors (Lipinski definition) is 0. The third-order valence-corrected chi connectivity index (χ3v) is 5.17. The molecular weight excluding hydrogens is 346 g/mol. The molecule has 0 aliphatic carbocycles. The lowest BCUT2D eigenvalue weighted by Gasteiger charge is -2.37. The molecule has 0 bridgehead atoms. The third-order valence-electron chi connectivity index (χ3n) is 4.82. The zero-order chi connectivity index (χ0) is 18.4. The van der Waals surface area contributed by atoms with Crippen molar-refractivity contribution in [2.24, 2.45) is 0 Å². The number of nitrogens with zero attached hydrogens (tertiary/aromatic N) is 3. The second kappa shape index (κ2) is 8.84. The second-order valence-electron chi connectivity index (χ2n) is 6.46. The van der Waals surface area contributed by atoms with Crippen LogP contribution in [-0.4, -0.2) is 41.9 Å². The molecule has 1 heterocycles. The van der Waals surface area contributed by atoms with Crippen molar-refractivity contribution in [3.05, 3.63) is 70.7 Å². The van der Waals surface area contributed by atoms with Crippen LogP contribution >= 0.6 is 11.6 Å². The van der Waals surface area contributed by atoms with Crippen LogP contribution in [0.15, 0.2) is 54.6 Å². The molecule has 1 aliphatic rings. The van der Waals surface area contributed by atoms with Crippen LogP contribution in [0, 0.1) is 11.3 Å². The van der Waals surface area contributed by atoms with Gasteiger partial charge in [0.15, 0.2) is 0 Å². The van der Waals surface area contributed by atoms with Crippen LogP contribution < -0.4 is 0 Å². The normalized spacial score (nSPS) is 16.1. The SMILES string of the molecule is N#CC(c1ccccc1Cl)N1CCN(C(=O)CCc2ccccc2)CC1. The van der Waals surface area contributed by atoms with Gasteiger partial charge in [-0.15, -0.1) is 0 Å². The molecule has 1 fully saturated rings. The van der Waals surface area contributed by atoms with E-state index in [-0.39, 0.29) is 11.9 Å². The molecule has 0 saturated carbocycles. The van der Waals surface area contributed by atoms with Gasteiger partial charge in [-0.3, -0.25) is 9.69 Å². The topological polar surface area (TPSA) is 47.3 Å². The summed E-state index contributed by atoms with van der Waals surface area (Å²) in [5.41, 5.74) is 2.02. The quantitative estimate of drug-likeness (QED) is 0.809. The molecule has 1 atom stereocenters. The van der Waals surface area contributed by atoms with Gasteiger partial charge >= 0.3 is 0 Å². The van der Waals surface area contributed by atoms with Crippen molar-refractivity contribution in [3.63, 3.8) is 0 Å². The molecule has 26 heavy (non-hydrogen) atoms. The first-order valence-corrected chi connectivity index (χ1v) is 9.26. The predicted octanol–water partition coefficient (Wildman–Crippen LogP) is 3.68. The van der Waals surface area contributed by atoms with E-state index in [0.717, 1.165) is 12.0 Å². The van der Waals surface area contributed by atoms with Gasteiger partial charge in [0.25, 0.3) is 0 Å². The summed E-state index contributed by atoms with van der Waals surface area (Å²) in [7, 11) is 0. The fourth-order valence-corrected chi connectivity index (χ4v) is 3.57. The number of halogens is 1. The Bertz CT molecular complexity index is 779. The van der Waals surface area contributed by atoms with E-state index < -0.39 is 0 Å². The Morgan fingerprint density at radius 3 is 2.35 bits per heavy atom. The van der Waals surface area contributed by atoms with Gasteiger partial charge < -0.3 is 4.90 Å². The van der Waals surface area contributed by atoms with E-state index in [1.54, 1.807) is 0 Å². The van der Waals surface area contributed by atoms with Gasteiger partial charge in [0.1, 0.15) is 6.04 Å². The van der Waals surface area contributed by atoms with Gasteiger partial charge in [0.2, 0.25) is 5.91 Å². The van der Waals surface area contributed by atoms with Crippen LogP contribution in [0.4, 0.5) is 0 Å². The molecule has 1 saturated heterocycles. The smallest absolute Gasteiger partial charge is 0.222 e. The molecule has 1 amide bonds. The van der Waals surface area contributed by atoms with E-state index in [1.807, 2.05) is 59.5 Å². The van der Waals surface area contributed by atoms with Gasteiger partial charge in [0, 0.05) is 43.2 Å². The van der Waals surface area contributed by atoms with Gasteiger partial charge in [0.05, 0.1) is 6.07 Å². The third kappa shape index (κ3) is 4.43. The van der Waals surface area contributed by atoms with Crippen molar-refractivity contribution in [3.8, 4) is 6.07 Å². The van der Waals surface area contributed by atoms with Crippen LogP contribution in [0.1, 0.15) is 23.6 Å². The van der Waals surface area contributed by atoms with Crippen LogP contribution in [0.5, 0.6) is 0 Å². The lowest BCUT2D eigenvalue weighted by atomic mass is 10.1. The van der Waals surface area contributed by atoms with Gasteiger partial charge in [-0.25, -0.2) is 0 Å². The fourth-order valence-electron chi connectivity index (χ4n) is 3.33. The van der Waals surface area contributed by atoms with E-state index in [9.17, 15) is 10.1 Å². The lowest BCUT2D eigenvalue weighted by Crippen LogP contribution is -2.49. The van der Waals surface area contributed by atoms with Gasteiger partial charge in [-0.1, -0.05) is 60.1 Å². The van der Waals surface area contributed by atoms with E-state index in [1.165, 1.54) is 5.56 Å². The number of piperazine rings is 1. The van der Waals surface area contributed by atoms with Crippen LogP contribution in [0.3, 0.4) is 0 Å². The summed E-state index contributed by atoms with van der Waals surface area (Å²) in [6, 6.07) is 19.5. The highest BCUT2D eigenvalue weighted by atomic mass is 35.5. The molecule has 0 radical (unpaired) electrons. The van der Waals surface area contributed by atoms with Gasteiger partial charge in [-0.05, 0) is 18.1 Å². The van der Waals surface area contributed by atoms with Crippen molar-refractivity contribution in [2.75, 3.05) is 26.2 Å². The maximum atomic E-state index is 12.5. The first-order valence-electron chi connectivity index (χ1n) is 8.89. The number of carbonyl (C=O) groups is 1. The van der Waals surface area contributed by atoms with Crippen LogP contribution in [0.2, 0.25) is 5.02 Å². The number of carbonyl (C=O) groups excluding carboxylic acids is 1. The molecule has 134 valence electrons. The number of aryl methyl sites for hydroxylation is 1. The zero-order valence-electron chi connectivity index (χ0n) is 14.6. The summed E-state index contributed by atoms with van der Waals surface area (Å²) >= 11 is 6.25. The summed E-state index contributed by atoms with van der Waals surface area (Å²) in [5, 5.41) is 10.2. The highest BCUT2D eigenvalue weighted by molar-refractivity contribution is 6.31. The number of nitriles is 1. The van der Waals surface area contributed by atoms with Crippen molar-refractivity contribution in [1.29, 1.82) is 5.26 Å². The lowest BCUT2D eigenvalue weighted by molar-refractivity contribution is -0.133. The highest BCUT2D eigenvalue weighted by Crippen LogP contribution is 2.27. The van der Waals surface area contributed by atoms with E-state index in [2.05, 4.69) is 11.0 Å². The average Bonchev–Trinajstić information content (AvgIpc) is 2.69. The Morgan fingerprint density at radius 2 is 1.69 bits per heavy atom. The summed E-state index contributed by atoms with van der Waals surface area (Å²) < 4.78 is 0. The summed E-state index contributed by atoms with van der Waals surface area (Å²) in [4.78, 5) is 16.5. The van der Waals surface area contributed by atoms with E-state index in [0.29, 0.717) is 37.6 Å². The molecule has 4 nitrogen and oxygen atoms in total. The van der Waals surface area contributed by atoms with E-state index in [4.69, 9.17) is 11.6 Å². The fraction of sp³-hybridized carbons (Fsp3) is 0.333. The van der Waals surface area contributed by atoms with Crippen molar-refractivity contribution >= 4 is 17.5 Å². The first-order chi connectivity index (χ1) is 12.7. The summed E-state index contributed by atoms with van der Waals surface area (Å²) in [5.74, 6) is 0.180. The average molecular weight is 368 g/mol. The Hall–Kier alpha value is -2.35. The summed E-state index contributed by atoms with van der Waals surface area (Å²) in [6.45, 7) is 2.66. The Morgan fingerprint density at radius 1 is 1.04 bits per heavy atom. The Labute approximate surface area is 159 Å². The predicted molar refractivity (Wildman–Crippen MR) is 103 cm³/mol. The Balaban J connectivity index is 1.54. The van der Waals surface area contributed by atoms with Crippen molar-refractivity contribution in [2.45, 2.75) is 18.9 Å². The number of hydrogen-bond acceptors (Lipinski definition) is 3. The maximum Gasteiger partial charge on any atom is 0.222 e. The number of benzene rings is 2. The van der Waals surface area contributed by atoms with E-state index >= 15 is 0 Å². The molecule has 1 aliphatic heterocycles. The largest absolute Gasteiger partial charge is 0.340 e. The molecule has 5 heteroatoms. The van der Waals surface area contributed by atoms with Gasteiger partial charge in [-0.2, -0.15) is 5.26 Å². The maximum absolute atomic E-state index is 12.5.